The summed E-state index contributed by atoms with van der Waals surface area (Å²) < 4.78 is 6.34. The second-order valence-corrected chi connectivity index (χ2v) is 7.40. The van der Waals surface area contributed by atoms with Crippen molar-refractivity contribution in [3.05, 3.63) is 64.1 Å². The molecule has 5 heteroatoms. The third kappa shape index (κ3) is 4.94. The molecular formula is C21H22BrNO3. The summed E-state index contributed by atoms with van der Waals surface area (Å²) in [6.45, 7) is 0.0488. The first-order valence-corrected chi connectivity index (χ1v) is 9.75. The van der Waals surface area contributed by atoms with E-state index in [9.17, 15) is 9.59 Å². The molecule has 1 aliphatic carbocycles. The number of hydrogen-bond donors (Lipinski definition) is 1. The maximum atomic E-state index is 12.8. The van der Waals surface area contributed by atoms with Gasteiger partial charge < -0.3 is 10.1 Å². The molecule has 1 N–H and O–H groups in total. The molecule has 1 aliphatic rings. The highest BCUT2D eigenvalue weighted by Crippen LogP contribution is 2.24. The predicted molar refractivity (Wildman–Crippen MR) is 105 cm³/mol. The van der Waals surface area contributed by atoms with Gasteiger partial charge in [-0.25, -0.2) is 0 Å². The van der Waals surface area contributed by atoms with Crippen LogP contribution in [0.1, 0.15) is 48.0 Å². The third-order valence-corrected chi connectivity index (χ3v) is 5.03. The molecule has 0 spiro atoms. The Labute approximate surface area is 162 Å². The van der Waals surface area contributed by atoms with Crippen molar-refractivity contribution in [3.63, 3.8) is 0 Å². The highest BCUT2D eigenvalue weighted by molar-refractivity contribution is 9.10. The van der Waals surface area contributed by atoms with Crippen LogP contribution in [0.3, 0.4) is 0 Å². The number of rotatable bonds is 6. The molecule has 0 radical (unpaired) electrons. The monoisotopic (exact) mass is 415 g/mol. The first-order chi connectivity index (χ1) is 12.6. The second kappa shape index (κ2) is 8.99. The van der Waals surface area contributed by atoms with E-state index in [1.165, 1.54) is 6.42 Å². The summed E-state index contributed by atoms with van der Waals surface area (Å²) in [7, 11) is 0. The number of halogens is 1. The van der Waals surface area contributed by atoms with E-state index in [0.29, 0.717) is 16.8 Å². The summed E-state index contributed by atoms with van der Waals surface area (Å²) in [5.41, 5.74) is 1.76. The topological polar surface area (TPSA) is 55.4 Å². The van der Waals surface area contributed by atoms with Crippen LogP contribution in [-0.4, -0.2) is 24.4 Å². The first-order valence-electron chi connectivity index (χ1n) is 8.96. The Kier molecular flexibility index (Phi) is 6.45. The number of carbonyl (C=O) groups is 2. The smallest absolute Gasteiger partial charge is 0.325 e. The SMILES string of the molecule is O=C(CNc1ccc(Br)cc1C(=O)c1ccccc1)OC1CCCCC1. The molecule has 4 nitrogen and oxygen atoms in total. The molecule has 0 bridgehead atoms. The van der Waals surface area contributed by atoms with Gasteiger partial charge in [0.05, 0.1) is 0 Å². The molecule has 0 aromatic heterocycles. The minimum absolute atomic E-state index is 0.0355. The Balaban J connectivity index is 1.68. The van der Waals surface area contributed by atoms with Gasteiger partial charge in [0.2, 0.25) is 0 Å². The molecule has 26 heavy (non-hydrogen) atoms. The number of anilines is 1. The van der Waals surface area contributed by atoms with Gasteiger partial charge in [0.1, 0.15) is 12.6 Å². The second-order valence-electron chi connectivity index (χ2n) is 6.49. The summed E-state index contributed by atoms with van der Waals surface area (Å²) >= 11 is 3.41. The maximum absolute atomic E-state index is 12.8. The van der Waals surface area contributed by atoms with Gasteiger partial charge in [-0.3, -0.25) is 9.59 Å². The molecule has 1 fully saturated rings. The standard InChI is InChI=1S/C21H22BrNO3/c22-16-11-12-19(18(13-16)21(25)15-7-3-1-4-8-15)23-14-20(24)26-17-9-5-2-6-10-17/h1,3-4,7-8,11-13,17,23H,2,5-6,9-10,14H2. The molecule has 2 aromatic carbocycles. The van der Waals surface area contributed by atoms with Crippen LogP contribution in [0.4, 0.5) is 5.69 Å². The van der Waals surface area contributed by atoms with Gasteiger partial charge in [-0.1, -0.05) is 52.7 Å². The molecule has 0 atom stereocenters. The van der Waals surface area contributed by atoms with E-state index < -0.39 is 0 Å². The van der Waals surface area contributed by atoms with Crippen LogP contribution in [0.15, 0.2) is 53.0 Å². The Hall–Kier alpha value is -2.14. The van der Waals surface area contributed by atoms with Crippen molar-refractivity contribution >= 4 is 33.4 Å². The van der Waals surface area contributed by atoms with Crippen LogP contribution in [0, 0.1) is 0 Å². The lowest BCUT2D eigenvalue weighted by atomic mass is 9.98. The van der Waals surface area contributed by atoms with E-state index in [-0.39, 0.29) is 24.4 Å². The Morgan fingerprint density at radius 1 is 1.04 bits per heavy atom. The van der Waals surface area contributed by atoms with Crippen LogP contribution in [0.2, 0.25) is 0 Å². The summed E-state index contributed by atoms with van der Waals surface area (Å²) in [4.78, 5) is 24.9. The predicted octanol–water partition coefficient (Wildman–Crippen LogP) is 4.97. The minimum Gasteiger partial charge on any atom is -0.461 e. The minimum atomic E-state index is -0.280. The van der Waals surface area contributed by atoms with Crippen molar-refractivity contribution in [2.24, 2.45) is 0 Å². The molecule has 0 unspecified atom stereocenters. The number of benzene rings is 2. The number of ether oxygens (including phenoxy) is 1. The van der Waals surface area contributed by atoms with Gasteiger partial charge in [-0.2, -0.15) is 0 Å². The Bertz CT molecular complexity index is 770. The molecule has 0 amide bonds. The van der Waals surface area contributed by atoms with Gasteiger partial charge in [0.15, 0.2) is 5.78 Å². The Morgan fingerprint density at radius 3 is 2.50 bits per heavy atom. The zero-order chi connectivity index (χ0) is 18.4. The highest BCUT2D eigenvalue weighted by atomic mass is 79.9. The average Bonchev–Trinajstić information content (AvgIpc) is 2.68. The first kappa shape index (κ1) is 18.6. The molecular weight excluding hydrogens is 394 g/mol. The zero-order valence-corrected chi connectivity index (χ0v) is 16.1. The van der Waals surface area contributed by atoms with Crippen LogP contribution < -0.4 is 5.32 Å². The van der Waals surface area contributed by atoms with E-state index in [1.54, 1.807) is 24.3 Å². The zero-order valence-electron chi connectivity index (χ0n) is 14.5. The lowest BCUT2D eigenvalue weighted by Crippen LogP contribution is -2.25. The van der Waals surface area contributed by atoms with E-state index >= 15 is 0 Å². The highest BCUT2D eigenvalue weighted by Gasteiger charge is 2.19. The maximum Gasteiger partial charge on any atom is 0.325 e. The number of esters is 1. The average molecular weight is 416 g/mol. The largest absolute Gasteiger partial charge is 0.461 e. The summed E-state index contributed by atoms with van der Waals surface area (Å²) in [5.74, 6) is -0.368. The molecule has 3 rings (SSSR count). The third-order valence-electron chi connectivity index (χ3n) is 4.54. The van der Waals surface area contributed by atoms with Gasteiger partial charge in [-0.05, 0) is 43.9 Å². The van der Waals surface area contributed by atoms with E-state index in [0.717, 1.165) is 30.2 Å². The molecule has 1 saturated carbocycles. The molecule has 0 heterocycles. The summed E-state index contributed by atoms with van der Waals surface area (Å²) in [6, 6.07) is 14.5. The molecule has 0 aliphatic heterocycles. The quantitative estimate of drug-likeness (QED) is 0.534. The fourth-order valence-electron chi connectivity index (χ4n) is 3.18. The van der Waals surface area contributed by atoms with E-state index in [2.05, 4.69) is 21.2 Å². The van der Waals surface area contributed by atoms with Crippen LogP contribution in [-0.2, 0) is 9.53 Å². The van der Waals surface area contributed by atoms with Crippen molar-refractivity contribution in [2.45, 2.75) is 38.2 Å². The van der Waals surface area contributed by atoms with Crippen LogP contribution >= 0.6 is 15.9 Å². The molecule has 0 saturated heterocycles. The van der Waals surface area contributed by atoms with Crippen LogP contribution in [0.25, 0.3) is 0 Å². The van der Waals surface area contributed by atoms with Crippen LogP contribution in [0.5, 0.6) is 0 Å². The number of hydrogen-bond acceptors (Lipinski definition) is 4. The molecule has 136 valence electrons. The van der Waals surface area contributed by atoms with Crippen molar-refractivity contribution in [2.75, 3.05) is 11.9 Å². The van der Waals surface area contributed by atoms with Gasteiger partial charge in [-0.15, -0.1) is 0 Å². The Morgan fingerprint density at radius 2 is 1.77 bits per heavy atom. The van der Waals surface area contributed by atoms with Crippen molar-refractivity contribution in [1.82, 2.24) is 0 Å². The summed E-state index contributed by atoms with van der Waals surface area (Å²) in [6.07, 6.45) is 5.38. The van der Waals surface area contributed by atoms with Gasteiger partial charge in [0.25, 0.3) is 0 Å². The fraction of sp³-hybridized carbons (Fsp3) is 0.333. The van der Waals surface area contributed by atoms with E-state index in [4.69, 9.17) is 4.74 Å². The van der Waals surface area contributed by atoms with Crippen molar-refractivity contribution in [1.29, 1.82) is 0 Å². The lowest BCUT2D eigenvalue weighted by Gasteiger charge is -2.22. The van der Waals surface area contributed by atoms with Crippen molar-refractivity contribution < 1.29 is 14.3 Å². The summed E-state index contributed by atoms with van der Waals surface area (Å²) in [5, 5.41) is 3.06. The van der Waals surface area contributed by atoms with Gasteiger partial charge in [0, 0.05) is 21.3 Å². The number of carbonyl (C=O) groups excluding carboxylic acids is 2. The lowest BCUT2D eigenvalue weighted by molar-refractivity contribution is -0.148. The van der Waals surface area contributed by atoms with Crippen molar-refractivity contribution in [3.8, 4) is 0 Å². The number of nitrogens with one attached hydrogen (secondary N) is 1. The van der Waals surface area contributed by atoms with E-state index in [1.807, 2.05) is 24.3 Å². The van der Waals surface area contributed by atoms with Gasteiger partial charge >= 0.3 is 5.97 Å². The normalized spacial score (nSPS) is 14.7. The number of ketones is 1. The fourth-order valence-corrected chi connectivity index (χ4v) is 3.54. The molecule has 2 aromatic rings.